The molecule has 1 aliphatic heterocycles. The molecule has 1 saturated heterocycles. The highest BCUT2D eigenvalue weighted by molar-refractivity contribution is 5.82. The van der Waals surface area contributed by atoms with Gasteiger partial charge in [0.05, 0.1) is 18.6 Å². The van der Waals surface area contributed by atoms with Crippen LogP contribution >= 0.6 is 0 Å². The van der Waals surface area contributed by atoms with E-state index in [1.54, 1.807) is 7.05 Å². The maximum Gasteiger partial charge on any atom is 0.408 e. The summed E-state index contributed by atoms with van der Waals surface area (Å²) in [7, 11) is 3.14. The van der Waals surface area contributed by atoms with Gasteiger partial charge in [0.2, 0.25) is 0 Å². The van der Waals surface area contributed by atoms with Crippen LogP contribution < -0.4 is 10.6 Å². The number of hydrogen-bond acceptors (Lipinski definition) is 5. The van der Waals surface area contributed by atoms with Crippen LogP contribution in [0.25, 0.3) is 0 Å². The van der Waals surface area contributed by atoms with Crippen molar-refractivity contribution in [1.29, 1.82) is 0 Å². The molecule has 0 aromatic heterocycles. The van der Waals surface area contributed by atoms with Crippen molar-refractivity contribution in [1.82, 2.24) is 15.5 Å². The molecule has 2 atom stereocenters. The van der Waals surface area contributed by atoms with E-state index in [0.29, 0.717) is 13.1 Å². The lowest BCUT2D eigenvalue weighted by atomic mass is 9.93. The van der Waals surface area contributed by atoms with Crippen LogP contribution in [-0.2, 0) is 14.3 Å². The van der Waals surface area contributed by atoms with Crippen molar-refractivity contribution in [2.45, 2.75) is 65.5 Å². The smallest absolute Gasteiger partial charge is 0.408 e. The molecular weight excluding hydrogens is 360 g/mol. The molecule has 0 spiro atoms. The summed E-state index contributed by atoms with van der Waals surface area (Å²) in [5.74, 6) is 0.558. The van der Waals surface area contributed by atoms with E-state index in [1.807, 2.05) is 41.5 Å². The van der Waals surface area contributed by atoms with E-state index in [-0.39, 0.29) is 17.8 Å². The van der Waals surface area contributed by atoms with Crippen LogP contribution in [0.15, 0.2) is 4.99 Å². The average Bonchev–Trinajstić information content (AvgIpc) is 3.00. The summed E-state index contributed by atoms with van der Waals surface area (Å²) in [6.45, 7) is 13.5. The van der Waals surface area contributed by atoms with Crippen molar-refractivity contribution in [2.75, 3.05) is 33.8 Å². The average molecular weight is 399 g/mol. The van der Waals surface area contributed by atoms with Crippen molar-refractivity contribution < 1.29 is 19.1 Å². The Morgan fingerprint density at radius 1 is 1.18 bits per heavy atom. The normalized spacial score (nSPS) is 20.7. The summed E-state index contributed by atoms with van der Waals surface area (Å²) in [5, 5.41) is 6.40. The Morgan fingerprint density at radius 3 is 2.25 bits per heavy atom. The van der Waals surface area contributed by atoms with Crippen LogP contribution in [-0.4, -0.2) is 67.9 Å². The summed E-state index contributed by atoms with van der Waals surface area (Å²) >= 11 is 0. The van der Waals surface area contributed by atoms with Gasteiger partial charge in [0.15, 0.2) is 5.96 Å². The first-order valence-electron chi connectivity index (χ1n) is 10.1. The van der Waals surface area contributed by atoms with Gasteiger partial charge in [0, 0.05) is 26.7 Å². The first-order chi connectivity index (χ1) is 13.0. The summed E-state index contributed by atoms with van der Waals surface area (Å²) in [5.41, 5.74) is -0.999. The minimum absolute atomic E-state index is 0.162. The van der Waals surface area contributed by atoms with E-state index in [0.717, 1.165) is 25.3 Å². The first kappa shape index (κ1) is 24.0. The molecule has 1 rings (SSSR count). The third kappa shape index (κ3) is 6.56. The lowest BCUT2D eigenvalue weighted by molar-refractivity contribution is -0.146. The standard InChI is InChI=1S/C20H38N4O4/c1-9-20(10-2,23-18(26)28-19(4,5)6)13-22-17(21-7)24-11-14(3)15(12-24)16(25)27-8/h14-15H,9-13H2,1-8H3,(H,21,22)(H,23,26). The van der Waals surface area contributed by atoms with Gasteiger partial charge in [-0.15, -0.1) is 0 Å². The number of guanidine groups is 1. The number of likely N-dealkylation sites (tertiary alicyclic amines) is 1. The fourth-order valence-electron chi connectivity index (χ4n) is 3.42. The predicted octanol–water partition coefficient (Wildman–Crippen LogP) is 2.39. The highest BCUT2D eigenvalue weighted by Crippen LogP contribution is 2.24. The molecule has 0 aromatic carbocycles. The number of amides is 1. The topological polar surface area (TPSA) is 92.3 Å². The molecule has 0 bridgehead atoms. The second kappa shape index (κ2) is 9.98. The fourth-order valence-corrected chi connectivity index (χ4v) is 3.42. The predicted molar refractivity (Wildman–Crippen MR) is 110 cm³/mol. The van der Waals surface area contributed by atoms with E-state index in [9.17, 15) is 9.59 Å². The number of methoxy groups -OCH3 is 1. The van der Waals surface area contributed by atoms with Gasteiger partial charge in [0.25, 0.3) is 0 Å². The molecule has 2 unspecified atom stereocenters. The zero-order valence-corrected chi connectivity index (χ0v) is 18.7. The third-order valence-electron chi connectivity index (χ3n) is 5.33. The molecular formula is C20H38N4O4. The zero-order valence-electron chi connectivity index (χ0n) is 18.7. The molecule has 0 radical (unpaired) electrons. The number of carbonyl (C=O) groups is 2. The maximum absolute atomic E-state index is 12.3. The molecule has 8 nitrogen and oxygen atoms in total. The SMILES string of the molecule is CCC(CC)(CNC(=NC)N1CC(C)C(C(=O)OC)C1)NC(=O)OC(C)(C)C. The van der Waals surface area contributed by atoms with Gasteiger partial charge in [-0.05, 0) is 39.5 Å². The van der Waals surface area contributed by atoms with Gasteiger partial charge in [-0.1, -0.05) is 20.8 Å². The molecule has 0 aromatic rings. The summed E-state index contributed by atoms with van der Waals surface area (Å²) in [6, 6.07) is 0. The van der Waals surface area contributed by atoms with Crippen molar-refractivity contribution in [3.8, 4) is 0 Å². The van der Waals surface area contributed by atoms with Crippen LogP contribution in [0.2, 0.25) is 0 Å². The van der Waals surface area contributed by atoms with Crippen molar-refractivity contribution in [2.24, 2.45) is 16.8 Å². The summed E-state index contributed by atoms with van der Waals surface area (Å²) in [4.78, 5) is 30.7. The van der Waals surface area contributed by atoms with Gasteiger partial charge < -0.3 is 25.0 Å². The highest BCUT2D eigenvalue weighted by atomic mass is 16.6. The Hall–Kier alpha value is -1.99. The second-order valence-corrected chi connectivity index (χ2v) is 8.53. The number of nitrogens with zero attached hydrogens (tertiary/aromatic N) is 2. The molecule has 1 heterocycles. The molecule has 1 fully saturated rings. The number of alkyl carbamates (subject to hydrolysis) is 1. The number of ether oxygens (including phenoxy) is 2. The van der Waals surface area contributed by atoms with Crippen molar-refractivity contribution >= 4 is 18.0 Å². The number of carbonyl (C=O) groups excluding carboxylic acids is 2. The Bertz CT molecular complexity index is 567. The summed E-state index contributed by atoms with van der Waals surface area (Å²) < 4.78 is 10.3. The molecule has 2 N–H and O–H groups in total. The Labute approximate surface area is 169 Å². The van der Waals surface area contributed by atoms with Crippen LogP contribution in [0.5, 0.6) is 0 Å². The quantitative estimate of drug-likeness (QED) is 0.405. The van der Waals surface area contributed by atoms with Gasteiger partial charge in [-0.25, -0.2) is 4.79 Å². The summed E-state index contributed by atoms with van der Waals surface area (Å²) in [6.07, 6.45) is 1.07. The van der Waals surface area contributed by atoms with Gasteiger partial charge in [-0.3, -0.25) is 9.79 Å². The largest absolute Gasteiger partial charge is 0.469 e. The first-order valence-corrected chi connectivity index (χ1v) is 10.1. The maximum atomic E-state index is 12.3. The minimum atomic E-state index is -0.546. The molecule has 0 aliphatic carbocycles. The van der Waals surface area contributed by atoms with Gasteiger partial charge in [0.1, 0.15) is 5.60 Å². The number of aliphatic imine (C=N–C) groups is 1. The number of hydrogen-bond donors (Lipinski definition) is 2. The Balaban J connectivity index is 2.78. The number of nitrogens with one attached hydrogen (secondary N) is 2. The van der Waals surface area contributed by atoms with E-state index >= 15 is 0 Å². The van der Waals surface area contributed by atoms with Crippen LogP contribution in [0.3, 0.4) is 0 Å². The van der Waals surface area contributed by atoms with E-state index in [4.69, 9.17) is 9.47 Å². The van der Waals surface area contributed by atoms with Crippen LogP contribution in [0, 0.1) is 11.8 Å². The highest BCUT2D eigenvalue weighted by Gasteiger charge is 2.38. The molecule has 0 saturated carbocycles. The lowest BCUT2D eigenvalue weighted by Crippen LogP contribution is -2.57. The molecule has 28 heavy (non-hydrogen) atoms. The number of rotatable bonds is 6. The molecule has 1 aliphatic rings. The molecule has 1 amide bonds. The lowest BCUT2D eigenvalue weighted by Gasteiger charge is -2.35. The monoisotopic (exact) mass is 398 g/mol. The van der Waals surface area contributed by atoms with Crippen LogP contribution in [0.1, 0.15) is 54.4 Å². The molecule has 8 heteroatoms. The van der Waals surface area contributed by atoms with Crippen molar-refractivity contribution in [3.05, 3.63) is 0 Å². The Morgan fingerprint density at radius 2 is 1.79 bits per heavy atom. The third-order valence-corrected chi connectivity index (χ3v) is 5.33. The van der Waals surface area contributed by atoms with Gasteiger partial charge in [-0.2, -0.15) is 0 Å². The van der Waals surface area contributed by atoms with Gasteiger partial charge >= 0.3 is 12.1 Å². The minimum Gasteiger partial charge on any atom is -0.469 e. The van der Waals surface area contributed by atoms with Crippen molar-refractivity contribution in [3.63, 3.8) is 0 Å². The zero-order chi connectivity index (χ0) is 21.5. The van der Waals surface area contributed by atoms with E-state index in [1.165, 1.54) is 7.11 Å². The van der Waals surface area contributed by atoms with E-state index < -0.39 is 17.2 Å². The molecule has 162 valence electrons. The fraction of sp³-hybridized carbons (Fsp3) is 0.850. The van der Waals surface area contributed by atoms with Crippen LogP contribution in [0.4, 0.5) is 4.79 Å². The second-order valence-electron chi connectivity index (χ2n) is 8.53. The Kier molecular flexibility index (Phi) is 8.57. The number of esters is 1. The van der Waals surface area contributed by atoms with E-state index in [2.05, 4.69) is 20.5 Å².